The van der Waals surface area contributed by atoms with Gasteiger partial charge >= 0.3 is 0 Å². The minimum Gasteiger partial charge on any atom is -0.329 e. The topological polar surface area (TPSA) is 29.3 Å². The van der Waals surface area contributed by atoms with Gasteiger partial charge < -0.3 is 5.73 Å². The van der Waals surface area contributed by atoms with E-state index in [1.54, 1.807) is 0 Å². The van der Waals surface area contributed by atoms with E-state index < -0.39 is 0 Å². The molecule has 2 atom stereocenters. The summed E-state index contributed by atoms with van der Waals surface area (Å²) < 4.78 is 0. The molecule has 0 spiro atoms. The number of nitrogens with zero attached hydrogens (tertiary/aromatic N) is 1. The maximum Gasteiger partial charge on any atom is 0.0248 e. The maximum atomic E-state index is 5.86. The van der Waals surface area contributed by atoms with Gasteiger partial charge in [0, 0.05) is 19.1 Å². The molecule has 0 bridgehead atoms. The molecule has 1 saturated heterocycles. The molecule has 1 heterocycles. The lowest BCUT2D eigenvalue weighted by Gasteiger charge is -2.26. The van der Waals surface area contributed by atoms with Gasteiger partial charge in [-0.3, -0.25) is 4.90 Å². The van der Waals surface area contributed by atoms with Crippen molar-refractivity contribution in [1.29, 1.82) is 0 Å². The van der Waals surface area contributed by atoms with E-state index >= 15 is 0 Å². The summed E-state index contributed by atoms with van der Waals surface area (Å²) in [6, 6.07) is 9.21. The van der Waals surface area contributed by atoms with Crippen LogP contribution in [0.4, 0.5) is 0 Å². The molecule has 0 aromatic heterocycles. The van der Waals surface area contributed by atoms with Crippen LogP contribution in [0.3, 0.4) is 0 Å². The van der Waals surface area contributed by atoms with E-state index in [1.807, 2.05) is 0 Å². The van der Waals surface area contributed by atoms with Crippen LogP contribution in [-0.2, 0) is 6.54 Å². The van der Waals surface area contributed by atoms with Gasteiger partial charge in [0.25, 0.3) is 0 Å². The third kappa shape index (κ3) is 2.28. The molecule has 2 heteroatoms. The number of aryl methyl sites for hydroxylation is 1. The van der Waals surface area contributed by atoms with Crippen LogP contribution in [-0.4, -0.2) is 24.0 Å². The summed E-state index contributed by atoms with van der Waals surface area (Å²) in [4.78, 5) is 2.53. The van der Waals surface area contributed by atoms with Gasteiger partial charge in [0.05, 0.1) is 0 Å². The number of hydrogen-bond donors (Lipinski definition) is 1. The second-order valence-electron chi connectivity index (χ2n) is 4.97. The standard InChI is InChI=1S/C14H22N2/c1-11-5-3-4-6-13(11)10-16-8-7-12(2)14(16)9-15/h3-6,12,14H,7-10,15H2,1-2H3. The number of benzene rings is 1. The monoisotopic (exact) mass is 218 g/mol. The van der Waals surface area contributed by atoms with E-state index in [0.717, 1.165) is 19.0 Å². The predicted octanol–water partition coefficient (Wildman–Crippen LogP) is 2.16. The summed E-state index contributed by atoms with van der Waals surface area (Å²) in [5.74, 6) is 0.744. The van der Waals surface area contributed by atoms with E-state index in [-0.39, 0.29) is 0 Å². The second-order valence-corrected chi connectivity index (χ2v) is 4.97. The van der Waals surface area contributed by atoms with Gasteiger partial charge in [0.1, 0.15) is 0 Å². The minimum atomic E-state index is 0.569. The molecule has 1 aliphatic rings. The van der Waals surface area contributed by atoms with Gasteiger partial charge in [-0.2, -0.15) is 0 Å². The molecular formula is C14H22N2. The Kier molecular flexibility index (Phi) is 3.62. The molecule has 16 heavy (non-hydrogen) atoms. The minimum absolute atomic E-state index is 0.569. The Balaban J connectivity index is 2.08. The van der Waals surface area contributed by atoms with Crippen molar-refractivity contribution in [2.45, 2.75) is 32.9 Å². The fraction of sp³-hybridized carbons (Fsp3) is 0.571. The lowest BCUT2D eigenvalue weighted by atomic mass is 10.0. The van der Waals surface area contributed by atoms with Crippen LogP contribution in [0, 0.1) is 12.8 Å². The molecule has 2 nitrogen and oxygen atoms in total. The van der Waals surface area contributed by atoms with Crippen molar-refractivity contribution in [1.82, 2.24) is 4.90 Å². The number of rotatable bonds is 3. The summed E-state index contributed by atoms with van der Waals surface area (Å²) in [6.07, 6.45) is 1.29. The van der Waals surface area contributed by atoms with E-state index in [4.69, 9.17) is 5.73 Å². The third-order valence-corrected chi connectivity index (χ3v) is 3.87. The highest BCUT2D eigenvalue weighted by Crippen LogP contribution is 2.25. The number of nitrogens with two attached hydrogens (primary N) is 1. The average molecular weight is 218 g/mol. The van der Waals surface area contributed by atoms with Gasteiger partial charge in [-0.15, -0.1) is 0 Å². The zero-order valence-corrected chi connectivity index (χ0v) is 10.3. The first-order chi connectivity index (χ1) is 7.72. The Labute approximate surface area is 98.4 Å². The largest absolute Gasteiger partial charge is 0.329 e. The fourth-order valence-corrected chi connectivity index (χ4v) is 2.67. The molecule has 0 radical (unpaired) electrons. The van der Waals surface area contributed by atoms with Crippen LogP contribution >= 0.6 is 0 Å². The highest BCUT2D eigenvalue weighted by Gasteiger charge is 2.29. The van der Waals surface area contributed by atoms with E-state index in [2.05, 4.69) is 43.0 Å². The van der Waals surface area contributed by atoms with E-state index in [1.165, 1.54) is 24.1 Å². The molecule has 0 saturated carbocycles. The van der Waals surface area contributed by atoms with Crippen molar-refractivity contribution in [3.63, 3.8) is 0 Å². The van der Waals surface area contributed by atoms with E-state index in [9.17, 15) is 0 Å². The SMILES string of the molecule is Cc1ccccc1CN1CCC(C)C1CN. The van der Waals surface area contributed by atoms with Crippen molar-refractivity contribution in [2.75, 3.05) is 13.1 Å². The van der Waals surface area contributed by atoms with E-state index in [0.29, 0.717) is 6.04 Å². The van der Waals surface area contributed by atoms with Gasteiger partial charge in [-0.25, -0.2) is 0 Å². The molecule has 88 valence electrons. The summed E-state index contributed by atoms with van der Waals surface area (Å²) in [7, 11) is 0. The Hall–Kier alpha value is -0.860. The summed E-state index contributed by atoms with van der Waals surface area (Å²) in [6.45, 7) is 7.53. The Morgan fingerprint density at radius 1 is 1.38 bits per heavy atom. The summed E-state index contributed by atoms with van der Waals surface area (Å²) in [5, 5.41) is 0. The molecule has 2 rings (SSSR count). The molecule has 1 fully saturated rings. The molecule has 1 aromatic rings. The van der Waals surface area contributed by atoms with Gasteiger partial charge in [-0.05, 0) is 36.9 Å². The molecule has 0 aliphatic carbocycles. The van der Waals surface area contributed by atoms with Crippen LogP contribution in [0.2, 0.25) is 0 Å². The predicted molar refractivity (Wildman–Crippen MR) is 68.2 cm³/mol. The first-order valence-corrected chi connectivity index (χ1v) is 6.21. The first kappa shape index (κ1) is 11.6. The maximum absolute atomic E-state index is 5.86. The Morgan fingerprint density at radius 3 is 2.81 bits per heavy atom. The summed E-state index contributed by atoms with van der Waals surface area (Å²) >= 11 is 0. The van der Waals surface area contributed by atoms with Crippen molar-refractivity contribution in [3.8, 4) is 0 Å². The van der Waals surface area contributed by atoms with Crippen LogP contribution in [0.5, 0.6) is 0 Å². The number of hydrogen-bond acceptors (Lipinski definition) is 2. The first-order valence-electron chi connectivity index (χ1n) is 6.21. The molecule has 1 aliphatic heterocycles. The van der Waals surface area contributed by atoms with Crippen LogP contribution in [0.25, 0.3) is 0 Å². The smallest absolute Gasteiger partial charge is 0.0248 e. The van der Waals surface area contributed by atoms with Gasteiger partial charge in [0.2, 0.25) is 0 Å². The summed E-state index contributed by atoms with van der Waals surface area (Å²) in [5.41, 5.74) is 8.69. The Bertz CT molecular complexity index is 348. The van der Waals surface area contributed by atoms with Gasteiger partial charge in [-0.1, -0.05) is 31.2 Å². The zero-order chi connectivity index (χ0) is 11.5. The normalized spacial score (nSPS) is 26.2. The van der Waals surface area contributed by atoms with Crippen molar-refractivity contribution >= 4 is 0 Å². The van der Waals surface area contributed by atoms with Crippen molar-refractivity contribution in [2.24, 2.45) is 11.7 Å². The quantitative estimate of drug-likeness (QED) is 0.842. The average Bonchev–Trinajstić information content (AvgIpc) is 2.63. The molecule has 2 N–H and O–H groups in total. The van der Waals surface area contributed by atoms with Crippen molar-refractivity contribution in [3.05, 3.63) is 35.4 Å². The second kappa shape index (κ2) is 4.98. The number of likely N-dealkylation sites (tertiary alicyclic amines) is 1. The molecule has 1 aromatic carbocycles. The fourth-order valence-electron chi connectivity index (χ4n) is 2.67. The zero-order valence-electron chi connectivity index (χ0n) is 10.3. The third-order valence-electron chi connectivity index (χ3n) is 3.87. The highest BCUT2D eigenvalue weighted by atomic mass is 15.2. The Morgan fingerprint density at radius 2 is 2.12 bits per heavy atom. The highest BCUT2D eigenvalue weighted by molar-refractivity contribution is 5.25. The van der Waals surface area contributed by atoms with Crippen LogP contribution < -0.4 is 5.73 Å². The van der Waals surface area contributed by atoms with Gasteiger partial charge in [0.15, 0.2) is 0 Å². The molecule has 0 amide bonds. The van der Waals surface area contributed by atoms with Crippen molar-refractivity contribution < 1.29 is 0 Å². The lowest BCUT2D eigenvalue weighted by molar-refractivity contribution is 0.228. The molecular weight excluding hydrogens is 196 g/mol. The molecule has 2 unspecified atom stereocenters. The van der Waals surface area contributed by atoms with Crippen LogP contribution in [0.15, 0.2) is 24.3 Å². The van der Waals surface area contributed by atoms with Crippen LogP contribution in [0.1, 0.15) is 24.5 Å². The lowest BCUT2D eigenvalue weighted by Crippen LogP contribution is -2.37.